The van der Waals surface area contributed by atoms with E-state index in [9.17, 15) is 26.4 Å². The number of hydrogen-bond donors (Lipinski definition) is 1. The van der Waals surface area contributed by atoms with Crippen LogP contribution in [0.25, 0.3) is 0 Å². The van der Waals surface area contributed by atoms with Crippen molar-refractivity contribution in [1.29, 1.82) is 0 Å². The van der Waals surface area contributed by atoms with Crippen molar-refractivity contribution < 1.29 is 30.6 Å². The van der Waals surface area contributed by atoms with Crippen LogP contribution in [0.2, 0.25) is 0 Å². The van der Waals surface area contributed by atoms with E-state index in [1.165, 1.54) is 0 Å². The Morgan fingerprint density at radius 1 is 1.40 bits per heavy atom. The second-order valence-electron chi connectivity index (χ2n) is 2.63. The van der Waals surface area contributed by atoms with Crippen molar-refractivity contribution in [2.45, 2.75) is 11.9 Å². The van der Waals surface area contributed by atoms with Gasteiger partial charge in [-0.05, 0) is 0 Å². The number of hydrogen-bond acceptors (Lipinski definition) is 4. The first kappa shape index (κ1) is 11.8. The van der Waals surface area contributed by atoms with Gasteiger partial charge in [0.15, 0.2) is 0 Å². The minimum atomic E-state index is -5.67. The van der Waals surface area contributed by atoms with Crippen LogP contribution in [0, 0.1) is 0 Å². The Kier molecular flexibility index (Phi) is 2.93. The molecule has 0 aromatic rings. The van der Waals surface area contributed by atoms with E-state index in [0.717, 1.165) is 0 Å². The van der Waals surface area contributed by atoms with Crippen molar-refractivity contribution in [1.82, 2.24) is 5.32 Å². The van der Waals surface area contributed by atoms with Gasteiger partial charge >= 0.3 is 15.6 Å². The van der Waals surface area contributed by atoms with Crippen molar-refractivity contribution in [2.24, 2.45) is 0 Å². The van der Waals surface area contributed by atoms with Crippen LogP contribution in [0.1, 0.15) is 6.42 Å². The first-order valence-electron chi connectivity index (χ1n) is 3.71. The molecule has 0 radical (unpaired) electrons. The van der Waals surface area contributed by atoms with Crippen LogP contribution in [0.4, 0.5) is 13.2 Å². The van der Waals surface area contributed by atoms with Gasteiger partial charge < -0.3 is 9.50 Å². The molecule has 0 saturated carbocycles. The molecule has 0 aliphatic carbocycles. The summed E-state index contributed by atoms with van der Waals surface area (Å²) in [6.07, 6.45) is 0.577. The summed E-state index contributed by atoms with van der Waals surface area (Å²) in [5.41, 5.74) is -5.48. The number of carbonyl (C=O) groups excluding carboxylic acids is 1. The molecule has 1 aliphatic rings. The van der Waals surface area contributed by atoms with Crippen LogP contribution >= 0.6 is 0 Å². The molecule has 9 heteroatoms. The highest BCUT2D eigenvalue weighted by atomic mass is 32.2. The minimum Gasteiger partial charge on any atom is -0.380 e. The second kappa shape index (κ2) is 3.72. The summed E-state index contributed by atoms with van der Waals surface area (Å²) in [6, 6.07) is 0. The number of carbonyl (C=O) groups is 1. The zero-order valence-electron chi connectivity index (χ0n) is 7.17. The molecule has 0 aromatic carbocycles. The average Bonchev–Trinajstić information content (AvgIpc) is 2.00. The highest BCUT2D eigenvalue weighted by Crippen LogP contribution is 2.27. The van der Waals surface area contributed by atoms with Crippen LogP contribution in [0.3, 0.4) is 0 Å². The molecule has 0 unspecified atom stereocenters. The molecule has 0 bridgehead atoms. The molecule has 1 amide bonds. The third-order valence-corrected chi connectivity index (χ3v) is 2.46. The number of nitrogens with one attached hydrogen (secondary N) is 1. The first-order chi connectivity index (χ1) is 6.72. The summed E-state index contributed by atoms with van der Waals surface area (Å²) >= 11 is 0. The number of amides is 1. The third-order valence-electron chi connectivity index (χ3n) is 1.46. The zero-order valence-corrected chi connectivity index (χ0v) is 7.98. The molecule has 1 heterocycles. The Morgan fingerprint density at radius 2 is 2.00 bits per heavy atom. The van der Waals surface area contributed by atoms with Crippen LogP contribution in [-0.2, 0) is 19.1 Å². The maximum atomic E-state index is 11.8. The van der Waals surface area contributed by atoms with Gasteiger partial charge in [-0.1, -0.05) is 0 Å². The molecule has 0 aromatic heterocycles. The maximum absolute atomic E-state index is 11.8. The predicted molar refractivity (Wildman–Crippen MR) is 41.8 cm³/mol. The SMILES string of the molecule is O=C1C=C(OS(=O)(=O)C(F)(F)F)CCN1. The fraction of sp³-hybridized carbons (Fsp3) is 0.500. The zero-order chi connectivity index (χ0) is 11.7. The largest absolute Gasteiger partial charge is 0.534 e. The van der Waals surface area contributed by atoms with Crippen LogP contribution in [-0.4, -0.2) is 26.4 Å². The molecule has 15 heavy (non-hydrogen) atoms. The third kappa shape index (κ3) is 2.85. The van der Waals surface area contributed by atoms with E-state index in [2.05, 4.69) is 9.50 Å². The molecule has 86 valence electrons. The fourth-order valence-corrected chi connectivity index (χ4v) is 1.34. The van der Waals surface area contributed by atoms with Gasteiger partial charge in [0.2, 0.25) is 5.91 Å². The Hall–Kier alpha value is -1.25. The maximum Gasteiger partial charge on any atom is 0.534 e. The Morgan fingerprint density at radius 3 is 2.47 bits per heavy atom. The van der Waals surface area contributed by atoms with E-state index in [-0.39, 0.29) is 13.0 Å². The molecule has 0 atom stereocenters. The summed E-state index contributed by atoms with van der Waals surface area (Å²) in [4.78, 5) is 10.7. The predicted octanol–water partition coefficient (Wildman–Crippen LogP) is 0.256. The van der Waals surface area contributed by atoms with Crippen LogP contribution in [0.15, 0.2) is 11.8 Å². The fourth-order valence-electron chi connectivity index (χ4n) is 0.832. The highest BCUT2D eigenvalue weighted by Gasteiger charge is 2.48. The minimum absolute atomic E-state index is 0.0397. The summed E-state index contributed by atoms with van der Waals surface area (Å²) in [5, 5.41) is 2.27. The second-order valence-corrected chi connectivity index (χ2v) is 4.17. The molecule has 0 saturated heterocycles. The van der Waals surface area contributed by atoms with E-state index in [4.69, 9.17) is 0 Å². The van der Waals surface area contributed by atoms with Gasteiger partial charge in [0.1, 0.15) is 5.76 Å². The monoisotopic (exact) mass is 245 g/mol. The lowest BCUT2D eigenvalue weighted by Gasteiger charge is -2.15. The Bertz CT molecular complexity index is 397. The molecular weight excluding hydrogens is 239 g/mol. The van der Waals surface area contributed by atoms with Crippen LogP contribution < -0.4 is 5.32 Å². The summed E-state index contributed by atoms with van der Waals surface area (Å²) in [5.74, 6) is -1.20. The standard InChI is InChI=1S/C6H6F3NO4S/c7-6(8,9)15(12,13)14-4-1-2-10-5(11)3-4/h3H,1-2H2,(H,10,11). The number of alkyl halides is 3. The molecule has 0 fully saturated rings. The number of halogens is 3. The number of rotatable bonds is 2. The lowest BCUT2D eigenvalue weighted by atomic mass is 10.2. The van der Waals surface area contributed by atoms with E-state index in [1.54, 1.807) is 0 Å². The van der Waals surface area contributed by atoms with Gasteiger partial charge in [-0.15, -0.1) is 0 Å². The van der Waals surface area contributed by atoms with Crippen molar-refractivity contribution in [3.05, 3.63) is 11.8 Å². The highest BCUT2D eigenvalue weighted by molar-refractivity contribution is 7.87. The van der Waals surface area contributed by atoms with Crippen molar-refractivity contribution in [3.8, 4) is 0 Å². The smallest absolute Gasteiger partial charge is 0.380 e. The van der Waals surface area contributed by atoms with E-state index < -0.39 is 27.3 Å². The molecule has 1 rings (SSSR count). The van der Waals surface area contributed by atoms with Crippen molar-refractivity contribution in [2.75, 3.05) is 6.54 Å². The molecule has 5 nitrogen and oxygen atoms in total. The van der Waals surface area contributed by atoms with Gasteiger partial charge in [-0.2, -0.15) is 21.6 Å². The molecule has 1 aliphatic heterocycles. The van der Waals surface area contributed by atoms with Gasteiger partial charge in [-0.25, -0.2) is 0 Å². The topological polar surface area (TPSA) is 72.5 Å². The van der Waals surface area contributed by atoms with E-state index in [1.807, 2.05) is 0 Å². The van der Waals surface area contributed by atoms with E-state index in [0.29, 0.717) is 6.08 Å². The van der Waals surface area contributed by atoms with Crippen molar-refractivity contribution >= 4 is 16.0 Å². The van der Waals surface area contributed by atoms with E-state index >= 15 is 0 Å². The summed E-state index contributed by atoms with van der Waals surface area (Å²) in [7, 11) is -5.67. The normalized spacial score (nSPS) is 18.1. The van der Waals surface area contributed by atoms with Gasteiger partial charge in [0.05, 0.1) is 0 Å². The lowest BCUT2D eigenvalue weighted by Crippen LogP contribution is -2.31. The quantitative estimate of drug-likeness (QED) is 0.559. The Balaban J connectivity index is 2.83. The van der Waals surface area contributed by atoms with Crippen molar-refractivity contribution in [3.63, 3.8) is 0 Å². The molecular formula is C6H6F3NO4S. The van der Waals surface area contributed by atoms with Gasteiger partial charge in [0, 0.05) is 19.0 Å². The molecule has 0 spiro atoms. The molecule has 1 N–H and O–H groups in total. The summed E-state index contributed by atoms with van der Waals surface area (Å²) in [6.45, 7) is 0.0397. The summed E-state index contributed by atoms with van der Waals surface area (Å²) < 4.78 is 60.3. The van der Waals surface area contributed by atoms with Gasteiger partial charge in [-0.3, -0.25) is 4.79 Å². The first-order valence-corrected chi connectivity index (χ1v) is 5.12. The average molecular weight is 245 g/mol. The Labute approximate surface area is 83.0 Å². The lowest BCUT2D eigenvalue weighted by molar-refractivity contribution is -0.117. The van der Waals surface area contributed by atoms with Crippen LogP contribution in [0.5, 0.6) is 0 Å². The van der Waals surface area contributed by atoms with Gasteiger partial charge in [0.25, 0.3) is 0 Å².